The van der Waals surface area contributed by atoms with E-state index in [-0.39, 0.29) is 17.2 Å². The highest BCUT2D eigenvalue weighted by molar-refractivity contribution is 6.02. The fourth-order valence-corrected chi connectivity index (χ4v) is 2.56. The van der Waals surface area contributed by atoms with Gasteiger partial charge in [-0.3, -0.25) is 0 Å². The molecule has 0 aliphatic heterocycles. The summed E-state index contributed by atoms with van der Waals surface area (Å²) in [6, 6.07) is 6.21. The van der Waals surface area contributed by atoms with Crippen molar-refractivity contribution in [1.82, 2.24) is 0 Å². The van der Waals surface area contributed by atoms with Gasteiger partial charge in [-0.2, -0.15) is 0 Å². The van der Waals surface area contributed by atoms with Gasteiger partial charge in [0.1, 0.15) is 6.10 Å². The van der Waals surface area contributed by atoms with Crippen molar-refractivity contribution < 1.29 is 19.4 Å². The Morgan fingerprint density at radius 2 is 1.57 bits per heavy atom. The summed E-state index contributed by atoms with van der Waals surface area (Å²) in [5.74, 6) is -1.63. The van der Waals surface area contributed by atoms with E-state index in [0.717, 1.165) is 38.5 Å². The predicted molar refractivity (Wildman–Crippen MR) is 90.9 cm³/mol. The van der Waals surface area contributed by atoms with Crippen LogP contribution in [0.3, 0.4) is 0 Å². The number of aromatic carboxylic acids is 1. The normalized spacial score (nSPS) is 11.9. The lowest BCUT2D eigenvalue weighted by atomic mass is 10.0. The predicted octanol–water partition coefficient (Wildman–Crippen LogP) is 5.07. The van der Waals surface area contributed by atoms with Gasteiger partial charge in [-0.05, 0) is 31.4 Å². The van der Waals surface area contributed by atoms with Gasteiger partial charge in [-0.25, -0.2) is 9.59 Å². The zero-order valence-corrected chi connectivity index (χ0v) is 14.2. The van der Waals surface area contributed by atoms with Crippen LogP contribution in [0.1, 0.15) is 85.9 Å². The molecule has 1 aromatic rings. The summed E-state index contributed by atoms with van der Waals surface area (Å²) in [7, 11) is 0. The maximum absolute atomic E-state index is 12.3. The van der Waals surface area contributed by atoms with E-state index in [2.05, 4.69) is 13.8 Å². The number of hydrogen-bond donors (Lipinski definition) is 1. The van der Waals surface area contributed by atoms with Crippen LogP contribution in [0.25, 0.3) is 0 Å². The second-order valence-electron chi connectivity index (χ2n) is 5.87. The molecule has 1 rings (SSSR count). The topological polar surface area (TPSA) is 63.6 Å². The smallest absolute Gasteiger partial charge is 0.339 e. The van der Waals surface area contributed by atoms with Gasteiger partial charge in [0.05, 0.1) is 11.1 Å². The SMILES string of the molecule is CCCCCCC(CCCC)OC(=O)c1ccccc1C(=O)O. The molecule has 1 unspecified atom stereocenters. The Labute approximate surface area is 138 Å². The molecule has 0 aliphatic carbocycles. The highest BCUT2D eigenvalue weighted by Gasteiger charge is 2.20. The zero-order chi connectivity index (χ0) is 17.1. The number of unbranched alkanes of at least 4 members (excludes halogenated alkanes) is 4. The lowest BCUT2D eigenvalue weighted by molar-refractivity contribution is 0.0245. The van der Waals surface area contributed by atoms with Crippen molar-refractivity contribution in [1.29, 1.82) is 0 Å². The third-order valence-electron chi connectivity index (χ3n) is 3.91. The first kappa shape index (κ1) is 19.2. The molecule has 0 fully saturated rings. The largest absolute Gasteiger partial charge is 0.478 e. The fraction of sp³-hybridized carbons (Fsp3) is 0.579. The van der Waals surface area contributed by atoms with Gasteiger partial charge < -0.3 is 9.84 Å². The first-order valence-corrected chi connectivity index (χ1v) is 8.63. The number of rotatable bonds is 11. The standard InChI is InChI=1S/C19H28O4/c1-3-5-7-8-12-15(11-6-4-2)23-19(22)17-14-10-9-13-16(17)18(20)21/h9-10,13-15H,3-8,11-12H2,1-2H3,(H,20,21). The van der Waals surface area contributed by atoms with Crippen LogP contribution in [-0.2, 0) is 4.74 Å². The maximum Gasteiger partial charge on any atom is 0.339 e. The summed E-state index contributed by atoms with van der Waals surface area (Å²) >= 11 is 0. The van der Waals surface area contributed by atoms with Gasteiger partial charge in [-0.1, -0.05) is 58.1 Å². The first-order chi connectivity index (χ1) is 11.1. The average molecular weight is 320 g/mol. The van der Waals surface area contributed by atoms with Crippen LogP contribution in [0.4, 0.5) is 0 Å². The van der Waals surface area contributed by atoms with E-state index < -0.39 is 11.9 Å². The molecule has 0 bridgehead atoms. The summed E-state index contributed by atoms with van der Waals surface area (Å²) in [5.41, 5.74) is 0.132. The molecule has 23 heavy (non-hydrogen) atoms. The Hall–Kier alpha value is -1.84. The Kier molecular flexibility index (Phi) is 9.03. The molecule has 0 amide bonds. The van der Waals surface area contributed by atoms with Crippen LogP contribution in [0.15, 0.2) is 24.3 Å². The van der Waals surface area contributed by atoms with Crippen LogP contribution in [0.2, 0.25) is 0 Å². The number of hydrogen-bond acceptors (Lipinski definition) is 3. The third kappa shape index (κ3) is 6.85. The summed E-state index contributed by atoms with van der Waals surface area (Å²) in [6.45, 7) is 4.27. The van der Waals surface area contributed by atoms with Crippen molar-refractivity contribution >= 4 is 11.9 Å². The molecule has 0 saturated heterocycles. The molecule has 4 nitrogen and oxygen atoms in total. The third-order valence-corrected chi connectivity index (χ3v) is 3.91. The zero-order valence-electron chi connectivity index (χ0n) is 14.2. The summed E-state index contributed by atoms with van der Waals surface area (Å²) in [5, 5.41) is 9.18. The van der Waals surface area contributed by atoms with Crippen LogP contribution in [0.5, 0.6) is 0 Å². The number of carboxylic acids is 1. The molecule has 0 spiro atoms. The van der Waals surface area contributed by atoms with E-state index in [1.165, 1.54) is 25.0 Å². The molecule has 1 aromatic carbocycles. The molecule has 1 atom stereocenters. The number of carbonyl (C=O) groups is 2. The van der Waals surface area contributed by atoms with Crippen LogP contribution < -0.4 is 0 Å². The Balaban J connectivity index is 2.70. The van der Waals surface area contributed by atoms with Crippen LogP contribution in [-0.4, -0.2) is 23.1 Å². The molecule has 128 valence electrons. The minimum Gasteiger partial charge on any atom is -0.478 e. The minimum absolute atomic E-state index is 0.00211. The molecule has 1 N–H and O–H groups in total. The molecular weight excluding hydrogens is 292 g/mol. The van der Waals surface area contributed by atoms with Crippen molar-refractivity contribution in [3.05, 3.63) is 35.4 Å². The Morgan fingerprint density at radius 3 is 2.17 bits per heavy atom. The highest BCUT2D eigenvalue weighted by atomic mass is 16.5. The molecular formula is C19H28O4. The van der Waals surface area contributed by atoms with Crippen molar-refractivity contribution in [2.45, 2.75) is 71.3 Å². The van der Waals surface area contributed by atoms with Crippen LogP contribution in [0, 0.1) is 0 Å². The lowest BCUT2D eigenvalue weighted by Crippen LogP contribution is -2.20. The highest BCUT2D eigenvalue weighted by Crippen LogP contribution is 2.18. The quantitative estimate of drug-likeness (QED) is 0.456. The number of ether oxygens (including phenoxy) is 1. The summed E-state index contributed by atoms with van der Waals surface area (Å²) in [4.78, 5) is 23.6. The average Bonchev–Trinajstić information content (AvgIpc) is 2.56. The molecule has 0 aliphatic rings. The van der Waals surface area contributed by atoms with Crippen molar-refractivity contribution in [2.75, 3.05) is 0 Å². The van der Waals surface area contributed by atoms with Gasteiger partial charge in [0.2, 0.25) is 0 Å². The number of benzene rings is 1. The second kappa shape index (κ2) is 10.8. The van der Waals surface area contributed by atoms with Gasteiger partial charge >= 0.3 is 11.9 Å². The van der Waals surface area contributed by atoms with E-state index in [9.17, 15) is 14.7 Å². The van der Waals surface area contributed by atoms with Crippen LogP contribution >= 0.6 is 0 Å². The van der Waals surface area contributed by atoms with Gasteiger partial charge in [0, 0.05) is 0 Å². The molecule has 0 heterocycles. The summed E-state index contributed by atoms with van der Waals surface area (Å²) < 4.78 is 5.61. The molecule has 0 aromatic heterocycles. The number of carboxylic acid groups (broad SMARTS) is 1. The fourth-order valence-electron chi connectivity index (χ4n) is 2.56. The van der Waals surface area contributed by atoms with E-state index in [4.69, 9.17) is 4.74 Å². The second-order valence-corrected chi connectivity index (χ2v) is 5.87. The van der Waals surface area contributed by atoms with Crippen molar-refractivity contribution in [3.8, 4) is 0 Å². The summed E-state index contributed by atoms with van der Waals surface area (Å²) in [6.07, 6.45) is 8.16. The Morgan fingerprint density at radius 1 is 0.957 bits per heavy atom. The van der Waals surface area contributed by atoms with E-state index in [1.54, 1.807) is 12.1 Å². The van der Waals surface area contributed by atoms with Gasteiger partial charge in [-0.15, -0.1) is 0 Å². The number of esters is 1. The molecule has 0 radical (unpaired) electrons. The van der Waals surface area contributed by atoms with E-state index in [0.29, 0.717) is 0 Å². The molecule has 4 heteroatoms. The van der Waals surface area contributed by atoms with Crippen molar-refractivity contribution in [3.63, 3.8) is 0 Å². The first-order valence-electron chi connectivity index (χ1n) is 8.63. The van der Waals surface area contributed by atoms with Gasteiger partial charge in [0.15, 0.2) is 0 Å². The van der Waals surface area contributed by atoms with E-state index >= 15 is 0 Å². The minimum atomic E-state index is -1.11. The lowest BCUT2D eigenvalue weighted by Gasteiger charge is -2.18. The molecule has 0 saturated carbocycles. The van der Waals surface area contributed by atoms with Gasteiger partial charge in [0.25, 0.3) is 0 Å². The monoisotopic (exact) mass is 320 g/mol. The Bertz CT molecular complexity index is 496. The van der Waals surface area contributed by atoms with E-state index in [1.807, 2.05) is 0 Å². The van der Waals surface area contributed by atoms with Crippen molar-refractivity contribution in [2.24, 2.45) is 0 Å². The number of carbonyl (C=O) groups excluding carboxylic acids is 1. The maximum atomic E-state index is 12.3.